The number of aromatic nitrogens is 1. The van der Waals surface area contributed by atoms with Crippen molar-refractivity contribution in [1.29, 1.82) is 0 Å². The molecule has 0 saturated carbocycles. The fourth-order valence-corrected chi connectivity index (χ4v) is 1.94. The van der Waals surface area contributed by atoms with Crippen LogP contribution in [0.4, 0.5) is 8.78 Å². The van der Waals surface area contributed by atoms with Gasteiger partial charge in [0.15, 0.2) is 0 Å². The highest BCUT2D eigenvalue weighted by molar-refractivity contribution is 9.10. The van der Waals surface area contributed by atoms with Crippen molar-refractivity contribution in [3.63, 3.8) is 0 Å². The minimum atomic E-state index is -0.733. The van der Waals surface area contributed by atoms with Gasteiger partial charge in [-0.2, -0.15) is 5.10 Å². The van der Waals surface area contributed by atoms with Gasteiger partial charge in [-0.1, -0.05) is 6.07 Å². The Balaban J connectivity index is 2.17. The van der Waals surface area contributed by atoms with Gasteiger partial charge in [-0.3, -0.25) is 4.79 Å². The van der Waals surface area contributed by atoms with Crippen LogP contribution in [0.15, 0.2) is 40.0 Å². The Morgan fingerprint density at radius 2 is 2.00 bits per heavy atom. The van der Waals surface area contributed by atoms with Gasteiger partial charge in [-0.25, -0.2) is 14.2 Å². The highest BCUT2D eigenvalue weighted by Crippen LogP contribution is 2.13. The summed E-state index contributed by atoms with van der Waals surface area (Å²) in [5.41, 5.74) is 2.29. The van der Waals surface area contributed by atoms with Gasteiger partial charge in [-0.05, 0) is 41.1 Å². The molecule has 20 heavy (non-hydrogen) atoms. The van der Waals surface area contributed by atoms with E-state index in [2.05, 4.69) is 31.4 Å². The Morgan fingerprint density at radius 3 is 2.55 bits per heavy atom. The molecule has 2 aromatic rings. The zero-order valence-corrected chi connectivity index (χ0v) is 12.0. The SMILES string of the molecule is C/C(=N/NC(=O)c1cc(Br)c[nH]1)c1c(F)cccc1F. The van der Waals surface area contributed by atoms with Crippen LogP contribution in [0.2, 0.25) is 0 Å². The molecule has 2 rings (SSSR count). The maximum atomic E-state index is 13.5. The van der Waals surface area contributed by atoms with Crippen molar-refractivity contribution in [3.05, 3.63) is 57.8 Å². The summed E-state index contributed by atoms with van der Waals surface area (Å²) in [6, 6.07) is 5.07. The molecule has 0 saturated heterocycles. The van der Waals surface area contributed by atoms with Gasteiger partial charge in [0.1, 0.15) is 17.3 Å². The Kier molecular flexibility index (Phi) is 4.29. The van der Waals surface area contributed by atoms with Crippen LogP contribution in [0.25, 0.3) is 0 Å². The fraction of sp³-hybridized carbons (Fsp3) is 0.0769. The van der Waals surface area contributed by atoms with Crippen molar-refractivity contribution in [2.75, 3.05) is 0 Å². The lowest BCUT2D eigenvalue weighted by atomic mass is 10.1. The number of hydrogen-bond donors (Lipinski definition) is 2. The molecule has 0 aliphatic rings. The third kappa shape index (κ3) is 3.11. The van der Waals surface area contributed by atoms with Crippen molar-refractivity contribution < 1.29 is 13.6 Å². The third-order valence-corrected chi connectivity index (χ3v) is 3.00. The topological polar surface area (TPSA) is 57.2 Å². The van der Waals surface area contributed by atoms with Crippen LogP contribution in [0.5, 0.6) is 0 Å². The van der Waals surface area contributed by atoms with E-state index in [1.54, 1.807) is 12.3 Å². The van der Waals surface area contributed by atoms with Crippen LogP contribution < -0.4 is 5.43 Å². The molecule has 2 N–H and O–H groups in total. The Labute approximate surface area is 122 Å². The predicted molar refractivity (Wildman–Crippen MR) is 74.5 cm³/mol. The minimum Gasteiger partial charge on any atom is -0.356 e. The number of hydrogen-bond acceptors (Lipinski definition) is 2. The maximum Gasteiger partial charge on any atom is 0.287 e. The molecule has 7 heteroatoms. The summed E-state index contributed by atoms with van der Waals surface area (Å²) in [5, 5.41) is 3.70. The standard InChI is InChI=1S/C13H10BrF2N3O/c1-7(12-9(15)3-2-4-10(12)16)18-19-13(20)11-5-8(14)6-17-11/h2-6,17H,1H3,(H,19,20)/b18-7-. The average Bonchev–Trinajstić information content (AvgIpc) is 2.82. The first-order chi connectivity index (χ1) is 9.49. The number of carbonyl (C=O) groups excluding carboxylic acids is 1. The highest BCUT2D eigenvalue weighted by Gasteiger charge is 2.12. The third-order valence-electron chi connectivity index (χ3n) is 2.54. The molecule has 0 aliphatic heterocycles. The summed E-state index contributed by atoms with van der Waals surface area (Å²) >= 11 is 3.19. The smallest absolute Gasteiger partial charge is 0.287 e. The van der Waals surface area contributed by atoms with E-state index in [9.17, 15) is 13.6 Å². The van der Waals surface area contributed by atoms with Gasteiger partial charge in [0, 0.05) is 10.7 Å². The number of hydrazone groups is 1. The number of halogens is 3. The molecule has 1 heterocycles. The molecule has 0 bridgehead atoms. The van der Waals surface area contributed by atoms with Gasteiger partial charge in [0.05, 0.1) is 11.3 Å². The van der Waals surface area contributed by atoms with E-state index in [0.717, 1.165) is 12.1 Å². The number of benzene rings is 1. The van der Waals surface area contributed by atoms with Crippen LogP contribution in [-0.4, -0.2) is 16.6 Å². The lowest BCUT2D eigenvalue weighted by Crippen LogP contribution is -2.20. The minimum absolute atomic E-state index is 0.0413. The monoisotopic (exact) mass is 341 g/mol. The molecule has 0 spiro atoms. The van der Waals surface area contributed by atoms with E-state index in [4.69, 9.17) is 0 Å². The first-order valence-electron chi connectivity index (χ1n) is 5.62. The molecular formula is C13H10BrF2N3O. The number of nitrogens with one attached hydrogen (secondary N) is 2. The Bertz CT molecular complexity index is 662. The van der Waals surface area contributed by atoms with E-state index in [1.807, 2.05) is 0 Å². The number of rotatable bonds is 3. The van der Waals surface area contributed by atoms with Crippen LogP contribution in [0, 0.1) is 11.6 Å². The highest BCUT2D eigenvalue weighted by atomic mass is 79.9. The summed E-state index contributed by atoms with van der Waals surface area (Å²) in [4.78, 5) is 14.4. The van der Waals surface area contributed by atoms with Crippen molar-refractivity contribution >= 4 is 27.5 Å². The molecule has 1 amide bonds. The van der Waals surface area contributed by atoms with Crippen LogP contribution in [0.1, 0.15) is 23.0 Å². The zero-order chi connectivity index (χ0) is 14.7. The number of nitrogens with zero attached hydrogens (tertiary/aromatic N) is 1. The fourth-order valence-electron chi connectivity index (χ4n) is 1.59. The Hall–Kier alpha value is -2.02. The van der Waals surface area contributed by atoms with Gasteiger partial charge in [0.2, 0.25) is 0 Å². The summed E-state index contributed by atoms with van der Waals surface area (Å²) in [6.07, 6.45) is 1.59. The summed E-state index contributed by atoms with van der Waals surface area (Å²) in [5.74, 6) is -1.97. The molecule has 0 aliphatic carbocycles. The molecule has 104 valence electrons. The van der Waals surface area contributed by atoms with E-state index in [1.165, 1.54) is 13.0 Å². The number of carbonyl (C=O) groups is 1. The van der Waals surface area contributed by atoms with Gasteiger partial charge in [-0.15, -0.1) is 0 Å². The zero-order valence-electron chi connectivity index (χ0n) is 10.4. The van der Waals surface area contributed by atoms with Gasteiger partial charge < -0.3 is 4.98 Å². The maximum absolute atomic E-state index is 13.5. The lowest BCUT2D eigenvalue weighted by Gasteiger charge is -2.04. The van der Waals surface area contributed by atoms with Crippen molar-refractivity contribution in [2.45, 2.75) is 6.92 Å². The summed E-state index contributed by atoms with van der Waals surface area (Å²) in [6.45, 7) is 1.41. The van der Waals surface area contributed by atoms with E-state index < -0.39 is 17.5 Å². The van der Waals surface area contributed by atoms with Gasteiger partial charge >= 0.3 is 0 Å². The lowest BCUT2D eigenvalue weighted by molar-refractivity contribution is 0.0950. The van der Waals surface area contributed by atoms with Crippen LogP contribution in [0.3, 0.4) is 0 Å². The normalized spacial score (nSPS) is 11.5. The summed E-state index contributed by atoms with van der Waals surface area (Å²) in [7, 11) is 0. The molecule has 0 unspecified atom stereocenters. The van der Waals surface area contributed by atoms with Crippen molar-refractivity contribution in [2.24, 2.45) is 5.10 Å². The molecule has 0 atom stereocenters. The molecule has 1 aromatic carbocycles. The van der Waals surface area contributed by atoms with Crippen molar-refractivity contribution in [1.82, 2.24) is 10.4 Å². The first kappa shape index (κ1) is 14.4. The molecule has 1 aromatic heterocycles. The van der Waals surface area contributed by atoms with Crippen LogP contribution >= 0.6 is 15.9 Å². The second-order valence-corrected chi connectivity index (χ2v) is 4.88. The second-order valence-electron chi connectivity index (χ2n) is 3.97. The largest absolute Gasteiger partial charge is 0.356 e. The first-order valence-corrected chi connectivity index (χ1v) is 6.41. The quantitative estimate of drug-likeness (QED) is 0.653. The predicted octanol–water partition coefficient (Wildman–Crippen LogP) is 3.21. The Morgan fingerprint density at radius 1 is 1.35 bits per heavy atom. The summed E-state index contributed by atoms with van der Waals surface area (Å²) < 4.78 is 27.7. The molecular weight excluding hydrogens is 332 g/mol. The number of aromatic amines is 1. The van der Waals surface area contributed by atoms with Crippen LogP contribution in [-0.2, 0) is 0 Å². The van der Waals surface area contributed by atoms with E-state index >= 15 is 0 Å². The second kappa shape index (κ2) is 5.96. The number of amides is 1. The van der Waals surface area contributed by atoms with Gasteiger partial charge in [0.25, 0.3) is 5.91 Å². The number of H-pyrrole nitrogens is 1. The van der Waals surface area contributed by atoms with Crippen molar-refractivity contribution in [3.8, 4) is 0 Å². The van der Waals surface area contributed by atoms with E-state index in [0.29, 0.717) is 4.47 Å². The van der Waals surface area contributed by atoms with E-state index in [-0.39, 0.29) is 17.0 Å². The average molecular weight is 342 g/mol. The molecule has 0 radical (unpaired) electrons. The molecule has 4 nitrogen and oxygen atoms in total. The molecule has 0 fully saturated rings.